The van der Waals surface area contributed by atoms with E-state index >= 15 is 0 Å². The third-order valence-corrected chi connectivity index (χ3v) is 5.16. The maximum atomic E-state index is 13.3. The van der Waals surface area contributed by atoms with E-state index in [1.165, 1.54) is 31.4 Å². The number of methoxy groups -OCH3 is 1. The van der Waals surface area contributed by atoms with Crippen LogP contribution in [0.2, 0.25) is 0 Å². The minimum absolute atomic E-state index is 0.0136. The lowest BCUT2D eigenvalue weighted by molar-refractivity contribution is 0.0999. The number of hydrogen-bond donors (Lipinski definition) is 3. The average Bonchev–Trinajstić information content (AvgIpc) is 2.65. The Hall–Kier alpha value is -3.80. The number of carbonyl (C=O) groups excluding carboxylic acids is 2. The van der Waals surface area contributed by atoms with Crippen molar-refractivity contribution in [1.29, 1.82) is 0 Å². The SMILES string of the molecule is COc1c(O)ccc2c(C3=CC(=O)c4c(O)cc(C)cc4C3=O)c(C)cc(O)c12. The molecule has 0 aliphatic heterocycles. The molecular formula is C23H18O6. The Morgan fingerprint density at radius 2 is 1.59 bits per heavy atom. The van der Waals surface area contributed by atoms with Gasteiger partial charge >= 0.3 is 0 Å². The van der Waals surface area contributed by atoms with E-state index in [0.29, 0.717) is 22.1 Å². The zero-order valence-electron chi connectivity index (χ0n) is 16.0. The molecule has 0 amide bonds. The van der Waals surface area contributed by atoms with Gasteiger partial charge in [0.1, 0.15) is 11.5 Å². The zero-order chi connectivity index (χ0) is 21.0. The highest BCUT2D eigenvalue weighted by Crippen LogP contribution is 2.45. The van der Waals surface area contributed by atoms with Gasteiger partial charge in [-0.05, 0) is 72.3 Å². The Kier molecular flexibility index (Phi) is 4.08. The molecule has 0 unspecified atom stereocenters. The van der Waals surface area contributed by atoms with Gasteiger partial charge in [0, 0.05) is 11.1 Å². The summed E-state index contributed by atoms with van der Waals surface area (Å²) in [5.74, 6) is -1.30. The summed E-state index contributed by atoms with van der Waals surface area (Å²) in [6.07, 6.45) is 1.21. The van der Waals surface area contributed by atoms with Crippen molar-refractivity contribution in [3.05, 3.63) is 64.2 Å². The molecule has 29 heavy (non-hydrogen) atoms. The zero-order valence-corrected chi connectivity index (χ0v) is 16.0. The predicted molar refractivity (Wildman–Crippen MR) is 108 cm³/mol. The van der Waals surface area contributed by atoms with Crippen molar-refractivity contribution in [3.63, 3.8) is 0 Å². The summed E-state index contributed by atoms with van der Waals surface area (Å²) in [5, 5.41) is 31.4. The number of ketones is 2. The first-order valence-corrected chi connectivity index (χ1v) is 8.91. The maximum Gasteiger partial charge on any atom is 0.194 e. The number of Topliss-reactive ketones (excluding diaryl/α,β-unsaturated/α-hetero) is 1. The second-order valence-corrected chi connectivity index (χ2v) is 7.09. The van der Waals surface area contributed by atoms with Crippen LogP contribution >= 0.6 is 0 Å². The molecule has 4 rings (SSSR count). The third kappa shape index (κ3) is 2.64. The minimum Gasteiger partial charge on any atom is -0.507 e. The molecule has 3 N–H and O–H groups in total. The number of rotatable bonds is 2. The molecule has 0 aromatic heterocycles. The monoisotopic (exact) mass is 390 g/mol. The van der Waals surface area contributed by atoms with Gasteiger partial charge in [-0.3, -0.25) is 9.59 Å². The number of aryl methyl sites for hydroxylation is 2. The summed E-state index contributed by atoms with van der Waals surface area (Å²) in [5.41, 5.74) is 1.97. The second kappa shape index (κ2) is 6.38. The largest absolute Gasteiger partial charge is 0.507 e. The van der Waals surface area contributed by atoms with Crippen molar-refractivity contribution in [2.45, 2.75) is 13.8 Å². The number of carbonyl (C=O) groups is 2. The molecule has 146 valence electrons. The summed E-state index contributed by atoms with van der Waals surface area (Å²) < 4.78 is 5.24. The summed E-state index contributed by atoms with van der Waals surface area (Å²) in [6.45, 7) is 3.44. The van der Waals surface area contributed by atoms with Crippen LogP contribution in [0.1, 0.15) is 37.4 Å². The van der Waals surface area contributed by atoms with Gasteiger partial charge in [-0.25, -0.2) is 0 Å². The van der Waals surface area contributed by atoms with Gasteiger partial charge in [-0.1, -0.05) is 0 Å². The van der Waals surface area contributed by atoms with Crippen LogP contribution in [0.25, 0.3) is 16.3 Å². The fraction of sp³-hybridized carbons (Fsp3) is 0.130. The lowest BCUT2D eigenvalue weighted by Crippen LogP contribution is -2.17. The van der Waals surface area contributed by atoms with Crippen LogP contribution in [-0.4, -0.2) is 34.0 Å². The van der Waals surface area contributed by atoms with Gasteiger partial charge in [-0.2, -0.15) is 0 Å². The number of ether oxygens (including phenoxy) is 1. The average molecular weight is 390 g/mol. The highest BCUT2D eigenvalue weighted by atomic mass is 16.5. The lowest BCUT2D eigenvalue weighted by Gasteiger charge is -2.21. The van der Waals surface area contributed by atoms with Crippen molar-refractivity contribution >= 4 is 27.9 Å². The molecule has 0 saturated heterocycles. The summed E-state index contributed by atoms with van der Waals surface area (Å²) in [6, 6.07) is 7.45. The van der Waals surface area contributed by atoms with Crippen molar-refractivity contribution < 1.29 is 29.6 Å². The van der Waals surface area contributed by atoms with Crippen molar-refractivity contribution in [2.24, 2.45) is 0 Å². The fourth-order valence-electron chi connectivity index (χ4n) is 3.97. The molecule has 3 aromatic rings. The molecular weight excluding hydrogens is 372 g/mol. The summed E-state index contributed by atoms with van der Waals surface area (Å²) in [4.78, 5) is 26.0. The predicted octanol–water partition coefficient (Wildman–Crippen LogP) is 4.04. The Morgan fingerprint density at radius 1 is 0.862 bits per heavy atom. The Labute approximate surface area is 166 Å². The van der Waals surface area contributed by atoms with Gasteiger partial charge in [0.2, 0.25) is 0 Å². The van der Waals surface area contributed by atoms with Crippen LogP contribution in [0.3, 0.4) is 0 Å². The molecule has 0 heterocycles. The quantitative estimate of drug-likeness (QED) is 0.610. The van der Waals surface area contributed by atoms with E-state index in [0.717, 1.165) is 0 Å². The van der Waals surface area contributed by atoms with Crippen molar-refractivity contribution in [3.8, 4) is 23.0 Å². The lowest BCUT2D eigenvalue weighted by atomic mass is 9.82. The number of phenols is 3. The van der Waals surface area contributed by atoms with E-state index in [2.05, 4.69) is 0 Å². The Bertz CT molecular complexity index is 1270. The van der Waals surface area contributed by atoms with E-state index < -0.39 is 11.6 Å². The molecule has 6 nitrogen and oxygen atoms in total. The maximum absolute atomic E-state index is 13.3. The normalized spacial score (nSPS) is 13.4. The molecule has 0 fully saturated rings. The highest BCUT2D eigenvalue weighted by Gasteiger charge is 2.31. The Morgan fingerprint density at radius 3 is 2.28 bits per heavy atom. The van der Waals surface area contributed by atoms with Crippen LogP contribution < -0.4 is 4.74 Å². The first-order chi connectivity index (χ1) is 13.7. The van der Waals surface area contributed by atoms with Crippen LogP contribution in [0.15, 0.2) is 36.4 Å². The van der Waals surface area contributed by atoms with Crippen LogP contribution in [-0.2, 0) is 0 Å². The molecule has 0 bridgehead atoms. The van der Waals surface area contributed by atoms with E-state index in [1.54, 1.807) is 26.0 Å². The van der Waals surface area contributed by atoms with E-state index in [4.69, 9.17) is 4.74 Å². The van der Waals surface area contributed by atoms with E-state index in [1.807, 2.05) is 0 Å². The number of fused-ring (bicyclic) bond motifs is 2. The van der Waals surface area contributed by atoms with Gasteiger partial charge in [-0.15, -0.1) is 0 Å². The van der Waals surface area contributed by atoms with Crippen molar-refractivity contribution in [2.75, 3.05) is 7.11 Å². The number of aromatic hydroxyl groups is 3. The summed E-state index contributed by atoms with van der Waals surface area (Å²) in [7, 11) is 1.36. The first kappa shape index (κ1) is 18.6. The van der Waals surface area contributed by atoms with Crippen LogP contribution in [0.4, 0.5) is 0 Å². The van der Waals surface area contributed by atoms with Crippen LogP contribution in [0.5, 0.6) is 23.0 Å². The second-order valence-electron chi connectivity index (χ2n) is 7.09. The Balaban J connectivity index is 2.06. The molecule has 0 radical (unpaired) electrons. The molecule has 0 saturated carbocycles. The topological polar surface area (TPSA) is 104 Å². The molecule has 0 atom stereocenters. The van der Waals surface area contributed by atoms with Gasteiger partial charge in [0.05, 0.1) is 18.1 Å². The third-order valence-electron chi connectivity index (χ3n) is 5.16. The number of allylic oxidation sites excluding steroid dienone is 2. The summed E-state index contributed by atoms with van der Waals surface area (Å²) >= 11 is 0. The molecule has 0 spiro atoms. The number of phenolic OH excluding ortho intramolecular Hbond substituents is 3. The standard InChI is InChI=1S/C23H18O6/c1-10-6-13-20(16(25)7-10)18(27)9-14(22(13)28)19-11(2)8-17(26)21-12(19)4-5-15(24)23(21)29-3/h4-9,24-26H,1-3H3. The highest BCUT2D eigenvalue weighted by molar-refractivity contribution is 6.40. The smallest absolute Gasteiger partial charge is 0.194 e. The van der Waals surface area contributed by atoms with Gasteiger partial charge in [0.15, 0.2) is 23.1 Å². The van der Waals surface area contributed by atoms with E-state index in [9.17, 15) is 24.9 Å². The van der Waals surface area contributed by atoms with E-state index in [-0.39, 0.29) is 45.1 Å². The molecule has 1 aliphatic rings. The van der Waals surface area contributed by atoms with Gasteiger partial charge < -0.3 is 20.1 Å². The van der Waals surface area contributed by atoms with Gasteiger partial charge in [0.25, 0.3) is 0 Å². The van der Waals surface area contributed by atoms with Crippen molar-refractivity contribution in [1.82, 2.24) is 0 Å². The van der Waals surface area contributed by atoms with Crippen LogP contribution in [0, 0.1) is 13.8 Å². The molecule has 6 heteroatoms. The number of benzene rings is 3. The first-order valence-electron chi connectivity index (χ1n) is 8.91. The number of hydrogen-bond acceptors (Lipinski definition) is 6. The molecule has 3 aromatic carbocycles. The minimum atomic E-state index is -0.474. The molecule has 1 aliphatic carbocycles. The fourth-order valence-corrected chi connectivity index (χ4v) is 3.97.